The van der Waals surface area contributed by atoms with Gasteiger partial charge in [0.2, 0.25) is 0 Å². The first-order valence-corrected chi connectivity index (χ1v) is 9.33. The van der Waals surface area contributed by atoms with Gasteiger partial charge in [0.1, 0.15) is 5.82 Å². The van der Waals surface area contributed by atoms with Gasteiger partial charge in [-0.05, 0) is 35.4 Å². The molecule has 4 rings (SSSR count). The third-order valence-corrected chi connectivity index (χ3v) is 5.11. The second-order valence-electron chi connectivity index (χ2n) is 6.13. The highest BCUT2D eigenvalue weighted by atomic mass is 32.2. The first-order valence-electron chi connectivity index (χ1n) is 8.34. The fourth-order valence-corrected chi connectivity index (χ4v) is 3.52. The monoisotopic (exact) mass is 420 g/mol. The van der Waals surface area contributed by atoms with Crippen LogP contribution in [0.2, 0.25) is 0 Å². The van der Waals surface area contributed by atoms with Crippen LogP contribution in [0.3, 0.4) is 0 Å². The van der Waals surface area contributed by atoms with Crippen molar-refractivity contribution in [1.29, 1.82) is 0 Å². The van der Waals surface area contributed by atoms with Crippen LogP contribution in [0, 0.1) is 5.82 Å². The van der Waals surface area contributed by atoms with E-state index in [2.05, 4.69) is 15.1 Å². The summed E-state index contributed by atoms with van der Waals surface area (Å²) in [6.07, 6.45) is -2.92. The maximum atomic E-state index is 13.2. The number of H-pyrrole nitrogens is 1. The number of nitrogens with zero attached hydrogens (tertiary/aromatic N) is 3. The summed E-state index contributed by atoms with van der Waals surface area (Å²) in [6, 6.07) is 10.5. The van der Waals surface area contributed by atoms with Crippen molar-refractivity contribution in [2.75, 3.05) is 0 Å². The summed E-state index contributed by atoms with van der Waals surface area (Å²) in [5, 5.41) is 4.31. The molecule has 0 atom stereocenters. The molecule has 2 aromatic carbocycles. The molecule has 0 fully saturated rings. The zero-order valence-corrected chi connectivity index (χ0v) is 15.4. The lowest BCUT2D eigenvalue weighted by Crippen LogP contribution is -2.19. The maximum Gasteiger partial charge on any atom is 0.416 e. The second-order valence-corrected chi connectivity index (χ2v) is 7.10. The van der Waals surface area contributed by atoms with Gasteiger partial charge in [0.15, 0.2) is 10.8 Å². The Balaban J connectivity index is 1.60. The third kappa shape index (κ3) is 4.02. The summed E-state index contributed by atoms with van der Waals surface area (Å²) in [6.45, 7) is 0. The van der Waals surface area contributed by atoms with Gasteiger partial charge in [-0.25, -0.2) is 14.2 Å². The molecule has 2 heterocycles. The van der Waals surface area contributed by atoms with Gasteiger partial charge in [0.05, 0.1) is 11.8 Å². The van der Waals surface area contributed by atoms with Crippen LogP contribution in [-0.2, 0) is 11.9 Å². The molecule has 0 aliphatic rings. The van der Waals surface area contributed by atoms with Crippen molar-refractivity contribution in [2.45, 2.75) is 17.1 Å². The molecule has 0 saturated carbocycles. The molecule has 1 N–H and O–H groups in total. The largest absolute Gasteiger partial charge is 0.416 e. The molecule has 4 aromatic rings. The Bertz CT molecular complexity index is 1210. The Hall–Kier alpha value is -3.14. The number of hydrogen-bond donors (Lipinski definition) is 1. The standard InChI is InChI=1S/C19H12F4N4OS/c20-14-7-3-12(4-8-14)15-9-24-27-16(15)25-17(26-18(27)28)29-10-11-1-5-13(6-2-11)19(21,22)23/h1-9H,10H2,(H,25,26,28). The highest BCUT2D eigenvalue weighted by molar-refractivity contribution is 7.98. The fourth-order valence-electron chi connectivity index (χ4n) is 2.71. The quantitative estimate of drug-likeness (QED) is 0.389. The summed E-state index contributed by atoms with van der Waals surface area (Å²) >= 11 is 1.18. The first kappa shape index (κ1) is 19.2. The number of aromatic amines is 1. The minimum Gasteiger partial charge on any atom is -0.285 e. The van der Waals surface area contributed by atoms with Crippen molar-refractivity contribution >= 4 is 17.4 Å². The maximum absolute atomic E-state index is 13.2. The SMILES string of the molecule is O=c1[nH]c(SCc2ccc(C(F)(F)F)cc2)nc2c(-c3ccc(F)cc3)cnn12. The van der Waals surface area contributed by atoms with Crippen LogP contribution in [0.4, 0.5) is 17.6 Å². The van der Waals surface area contributed by atoms with E-state index in [1.54, 1.807) is 12.1 Å². The van der Waals surface area contributed by atoms with Crippen molar-refractivity contribution < 1.29 is 17.6 Å². The van der Waals surface area contributed by atoms with Crippen molar-refractivity contribution in [1.82, 2.24) is 19.6 Å². The molecular formula is C19H12F4N4OS. The van der Waals surface area contributed by atoms with Gasteiger partial charge < -0.3 is 0 Å². The van der Waals surface area contributed by atoms with Crippen molar-refractivity contribution in [3.63, 3.8) is 0 Å². The second kappa shape index (κ2) is 7.36. The average Bonchev–Trinajstić information content (AvgIpc) is 3.11. The van der Waals surface area contributed by atoms with Crippen LogP contribution in [0.5, 0.6) is 0 Å². The van der Waals surface area contributed by atoms with E-state index in [4.69, 9.17) is 0 Å². The smallest absolute Gasteiger partial charge is 0.285 e. The van der Waals surface area contributed by atoms with E-state index in [1.807, 2.05) is 0 Å². The van der Waals surface area contributed by atoms with Gasteiger partial charge in [-0.3, -0.25) is 4.98 Å². The third-order valence-electron chi connectivity index (χ3n) is 4.17. The van der Waals surface area contributed by atoms with E-state index in [-0.39, 0.29) is 5.82 Å². The summed E-state index contributed by atoms with van der Waals surface area (Å²) in [5.74, 6) is -0.0686. The van der Waals surface area contributed by atoms with E-state index < -0.39 is 17.4 Å². The zero-order chi connectivity index (χ0) is 20.6. The summed E-state index contributed by atoms with van der Waals surface area (Å²) in [7, 11) is 0. The molecule has 0 saturated heterocycles. The Labute approximate surface area is 165 Å². The molecule has 0 radical (unpaired) electrons. The Morgan fingerprint density at radius 2 is 1.72 bits per heavy atom. The van der Waals surface area contributed by atoms with E-state index in [9.17, 15) is 22.4 Å². The van der Waals surface area contributed by atoms with Crippen LogP contribution in [0.15, 0.2) is 64.7 Å². The number of thioether (sulfide) groups is 1. The number of nitrogens with one attached hydrogen (secondary N) is 1. The zero-order valence-electron chi connectivity index (χ0n) is 14.6. The lowest BCUT2D eigenvalue weighted by atomic mass is 10.1. The fraction of sp³-hybridized carbons (Fsp3) is 0.105. The summed E-state index contributed by atoms with van der Waals surface area (Å²) in [4.78, 5) is 19.3. The number of rotatable bonds is 4. The number of alkyl halides is 3. The molecule has 0 unspecified atom stereocenters. The Morgan fingerprint density at radius 1 is 1.03 bits per heavy atom. The Kier molecular flexibility index (Phi) is 4.87. The van der Waals surface area contributed by atoms with Gasteiger partial charge in [0, 0.05) is 11.3 Å². The van der Waals surface area contributed by atoms with Gasteiger partial charge in [0.25, 0.3) is 0 Å². The molecule has 0 bridgehead atoms. The predicted molar refractivity (Wildman–Crippen MR) is 100 cm³/mol. The first-order chi connectivity index (χ1) is 13.8. The number of hydrogen-bond acceptors (Lipinski definition) is 4. The molecule has 29 heavy (non-hydrogen) atoms. The predicted octanol–water partition coefficient (Wildman–Crippen LogP) is 4.53. The van der Waals surface area contributed by atoms with Crippen LogP contribution >= 0.6 is 11.8 Å². The molecule has 0 aliphatic carbocycles. The van der Waals surface area contributed by atoms with Crippen molar-refractivity contribution in [3.8, 4) is 11.1 Å². The summed E-state index contributed by atoms with van der Waals surface area (Å²) < 4.78 is 52.2. The normalized spacial score (nSPS) is 11.9. The number of fused-ring (bicyclic) bond motifs is 1. The molecule has 2 aromatic heterocycles. The van der Waals surface area contributed by atoms with Crippen LogP contribution in [0.1, 0.15) is 11.1 Å². The number of halogens is 4. The van der Waals surface area contributed by atoms with E-state index in [0.717, 1.165) is 16.6 Å². The molecule has 5 nitrogen and oxygen atoms in total. The molecule has 0 amide bonds. The van der Waals surface area contributed by atoms with Gasteiger partial charge in [-0.2, -0.15) is 22.8 Å². The van der Waals surface area contributed by atoms with Gasteiger partial charge >= 0.3 is 11.9 Å². The highest BCUT2D eigenvalue weighted by Gasteiger charge is 2.29. The van der Waals surface area contributed by atoms with Gasteiger partial charge in [-0.1, -0.05) is 36.0 Å². The van der Waals surface area contributed by atoms with Crippen molar-refractivity contribution in [2.24, 2.45) is 0 Å². The number of aromatic nitrogens is 4. The average molecular weight is 420 g/mol. The topological polar surface area (TPSA) is 63.0 Å². The summed E-state index contributed by atoms with van der Waals surface area (Å²) in [5.41, 5.74) is 0.944. The van der Waals surface area contributed by atoms with E-state index in [0.29, 0.717) is 33.2 Å². The Morgan fingerprint density at radius 3 is 2.38 bits per heavy atom. The molecule has 0 spiro atoms. The highest BCUT2D eigenvalue weighted by Crippen LogP contribution is 2.30. The minimum absolute atomic E-state index is 0.297. The van der Waals surface area contributed by atoms with Crippen LogP contribution in [0.25, 0.3) is 16.8 Å². The molecular weight excluding hydrogens is 408 g/mol. The van der Waals surface area contributed by atoms with E-state index >= 15 is 0 Å². The lowest BCUT2D eigenvalue weighted by molar-refractivity contribution is -0.137. The molecule has 0 aliphatic heterocycles. The molecule has 148 valence electrons. The number of benzene rings is 2. The molecule has 10 heteroatoms. The van der Waals surface area contributed by atoms with Crippen LogP contribution in [-0.4, -0.2) is 19.6 Å². The van der Waals surface area contributed by atoms with Gasteiger partial charge in [-0.15, -0.1) is 0 Å². The lowest BCUT2D eigenvalue weighted by Gasteiger charge is -2.07. The van der Waals surface area contributed by atoms with E-state index in [1.165, 1.54) is 42.2 Å². The van der Waals surface area contributed by atoms with Crippen LogP contribution < -0.4 is 5.69 Å². The minimum atomic E-state index is -4.39. The van der Waals surface area contributed by atoms with Crippen molar-refractivity contribution in [3.05, 3.63) is 82.2 Å².